The van der Waals surface area contributed by atoms with Gasteiger partial charge in [0.25, 0.3) is 0 Å². The quantitative estimate of drug-likeness (QED) is 0.709. The van der Waals surface area contributed by atoms with Crippen molar-refractivity contribution in [1.29, 1.82) is 0 Å². The van der Waals surface area contributed by atoms with Crippen LogP contribution in [0.15, 0.2) is 0 Å². The average Bonchev–Trinajstić information content (AvgIpc) is 2.38. The fourth-order valence-corrected chi connectivity index (χ4v) is 2.73. The van der Waals surface area contributed by atoms with E-state index in [0.717, 1.165) is 31.7 Å². The van der Waals surface area contributed by atoms with Gasteiger partial charge in [-0.2, -0.15) is 0 Å². The molecule has 102 valence electrons. The van der Waals surface area contributed by atoms with Gasteiger partial charge in [-0.1, -0.05) is 13.3 Å². The van der Waals surface area contributed by atoms with Gasteiger partial charge in [-0.15, -0.1) is 0 Å². The van der Waals surface area contributed by atoms with Crippen LogP contribution < -0.4 is 5.73 Å². The third-order valence-electron chi connectivity index (χ3n) is 4.09. The molecule has 0 radical (unpaired) electrons. The zero-order valence-corrected chi connectivity index (χ0v) is 11.7. The van der Waals surface area contributed by atoms with Gasteiger partial charge < -0.3 is 15.4 Å². The highest BCUT2D eigenvalue weighted by Crippen LogP contribution is 2.17. The maximum atomic E-state index is 5.63. The second kappa shape index (κ2) is 8.90. The van der Waals surface area contributed by atoms with Gasteiger partial charge in [-0.3, -0.25) is 0 Å². The monoisotopic (exact) mass is 242 g/mol. The normalized spacial score (nSPS) is 19.8. The lowest BCUT2D eigenvalue weighted by molar-refractivity contribution is 0.0422. The number of nitrogens with zero attached hydrogens (tertiary/aromatic N) is 1. The first-order valence-corrected chi connectivity index (χ1v) is 7.26. The molecule has 0 spiro atoms. The molecule has 1 heterocycles. The molecule has 0 bridgehead atoms. The Hall–Kier alpha value is -0.120. The van der Waals surface area contributed by atoms with E-state index in [2.05, 4.69) is 18.9 Å². The van der Waals surface area contributed by atoms with Crippen LogP contribution in [0.2, 0.25) is 0 Å². The molecule has 1 fully saturated rings. The van der Waals surface area contributed by atoms with Gasteiger partial charge >= 0.3 is 0 Å². The van der Waals surface area contributed by atoms with Gasteiger partial charge in [0.05, 0.1) is 0 Å². The Morgan fingerprint density at radius 2 is 2.00 bits per heavy atom. The van der Waals surface area contributed by atoms with Gasteiger partial charge in [0.2, 0.25) is 0 Å². The zero-order chi connectivity index (χ0) is 12.5. The van der Waals surface area contributed by atoms with Crippen molar-refractivity contribution in [3.63, 3.8) is 0 Å². The molecule has 17 heavy (non-hydrogen) atoms. The standard InChI is InChI=1S/C14H30N2O/c1-3-13(6-9-15)5-4-10-16(2)14-7-11-17-12-8-14/h13-14H,3-12,15H2,1-2H3. The molecular weight excluding hydrogens is 212 g/mol. The van der Waals surface area contributed by atoms with E-state index in [1.54, 1.807) is 0 Å². The van der Waals surface area contributed by atoms with Crippen molar-refractivity contribution in [2.24, 2.45) is 11.7 Å². The molecule has 1 rings (SSSR count). The summed E-state index contributed by atoms with van der Waals surface area (Å²) in [5, 5.41) is 0. The molecule has 1 aliphatic rings. The van der Waals surface area contributed by atoms with Crippen LogP contribution in [0.5, 0.6) is 0 Å². The maximum absolute atomic E-state index is 5.63. The minimum Gasteiger partial charge on any atom is -0.381 e. The Labute approximate surface area is 107 Å². The molecule has 0 aromatic carbocycles. The Morgan fingerprint density at radius 3 is 2.59 bits per heavy atom. The van der Waals surface area contributed by atoms with Gasteiger partial charge in [-0.25, -0.2) is 0 Å². The highest BCUT2D eigenvalue weighted by Gasteiger charge is 2.18. The topological polar surface area (TPSA) is 38.5 Å². The largest absolute Gasteiger partial charge is 0.381 e. The molecule has 0 aromatic rings. The lowest BCUT2D eigenvalue weighted by Gasteiger charge is -2.31. The van der Waals surface area contributed by atoms with Gasteiger partial charge in [0.15, 0.2) is 0 Å². The molecule has 0 aliphatic carbocycles. The number of nitrogens with two attached hydrogens (primary N) is 1. The van der Waals surface area contributed by atoms with Crippen molar-refractivity contribution in [2.45, 2.75) is 51.5 Å². The van der Waals surface area contributed by atoms with E-state index in [0.29, 0.717) is 0 Å². The van der Waals surface area contributed by atoms with Crippen molar-refractivity contribution in [3.05, 3.63) is 0 Å². The molecule has 2 N–H and O–H groups in total. The van der Waals surface area contributed by atoms with Crippen LogP contribution >= 0.6 is 0 Å². The lowest BCUT2D eigenvalue weighted by atomic mass is 9.96. The predicted octanol–water partition coefficient (Wildman–Crippen LogP) is 2.25. The van der Waals surface area contributed by atoms with Gasteiger partial charge in [0, 0.05) is 19.3 Å². The van der Waals surface area contributed by atoms with E-state index in [1.165, 1.54) is 45.1 Å². The number of hydrogen-bond donors (Lipinski definition) is 1. The Balaban J connectivity index is 2.11. The summed E-state index contributed by atoms with van der Waals surface area (Å²) < 4.78 is 5.40. The van der Waals surface area contributed by atoms with E-state index in [1.807, 2.05) is 0 Å². The minimum atomic E-state index is 0.748. The third kappa shape index (κ3) is 5.84. The minimum absolute atomic E-state index is 0.748. The van der Waals surface area contributed by atoms with E-state index in [4.69, 9.17) is 10.5 Å². The van der Waals surface area contributed by atoms with Crippen molar-refractivity contribution in [2.75, 3.05) is 33.4 Å². The molecule has 1 unspecified atom stereocenters. The van der Waals surface area contributed by atoms with Gasteiger partial charge in [0.1, 0.15) is 0 Å². The van der Waals surface area contributed by atoms with Crippen molar-refractivity contribution >= 4 is 0 Å². The summed E-state index contributed by atoms with van der Waals surface area (Å²) in [5.41, 5.74) is 5.63. The maximum Gasteiger partial charge on any atom is 0.0480 e. The first-order valence-electron chi connectivity index (χ1n) is 7.26. The Morgan fingerprint density at radius 1 is 1.29 bits per heavy atom. The summed E-state index contributed by atoms with van der Waals surface area (Å²) in [5.74, 6) is 0.836. The van der Waals surface area contributed by atoms with Crippen molar-refractivity contribution < 1.29 is 4.74 Å². The van der Waals surface area contributed by atoms with Crippen LogP contribution in [-0.2, 0) is 4.74 Å². The molecule has 1 saturated heterocycles. The highest BCUT2D eigenvalue weighted by atomic mass is 16.5. The van der Waals surface area contributed by atoms with E-state index >= 15 is 0 Å². The third-order valence-corrected chi connectivity index (χ3v) is 4.09. The second-order valence-corrected chi connectivity index (χ2v) is 5.32. The summed E-state index contributed by atoms with van der Waals surface area (Å²) in [6, 6.07) is 0.748. The molecule has 0 aromatic heterocycles. The number of ether oxygens (including phenoxy) is 1. The van der Waals surface area contributed by atoms with Crippen LogP contribution in [0.25, 0.3) is 0 Å². The summed E-state index contributed by atoms with van der Waals surface area (Å²) in [6.45, 7) is 6.24. The molecular formula is C14H30N2O. The number of rotatable bonds is 8. The van der Waals surface area contributed by atoms with Crippen LogP contribution in [-0.4, -0.2) is 44.3 Å². The molecule has 3 heteroatoms. The molecule has 0 amide bonds. The zero-order valence-electron chi connectivity index (χ0n) is 11.7. The smallest absolute Gasteiger partial charge is 0.0480 e. The average molecular weight is 242 g/mol. The van der Waals surface area contributed by atoms with Crippen LogP contribution in [0.4, 0.5) is 0 Å². The van der Waals surface area contributed by atoms with Crippen molar-refractivity contribution in [3.8, 4) is 0 Å². The van der Waals surface area contributed by atoms with E-state index in [9.17, 15) is 0 Å². The second-order valence-electron chi connectivity index (χ2n) is 5.32. The predicted molar refractivity (Wildman–Crippen MR) is 73.2 cm³/mol. The molecule has 1 atom stereocenters. The Kier molecular flexibility index (Phi) is 7.82. The molecule has 1 aliphatic heterocycles. The van der Waals surface area contributed by atoms with E-state index < -0.39 is 0 Å². The summed E-state index contributed by atoms with van der Waals surface area (Å²) in [4.78, 5) is 2.53. The van der Waals surface area contributed by atoms with Crippen molar-refractivity contribution in [1.82, 2.24) is 4.90 Å². The number of hydrogen-bond acceptors (Lipinski definition) is 3. The molecule has 3 nitrogen and oxygen atoms in total. The SMILES string of the molecule is CCC(CCN)CCCN(C)C1CCOCC1. The first-order chi connectivity index (χ1) is 8.27. The summed E-state index contributed by atoms with van der Waals surface area (Å²) in [6.07, 6.45) is 7.52. The fraction of sp³-hybridized carbons (Fsp3) is 1.00. The first kappa shape index (κ1) is 14.9. The lowest BCUT2D eigenvalue weighted by Crippen LogP contribution is -2.37. The highest BCUT2D eigenvalue weighted by molar-refractivity contribution is 4.72. The Bertz CT molecular complexity index is 181. The van der Waals surface area contributed by atoms with Crippen LogP contribution in [0.1, 0.15) is 45.4 Å². The van der Waals surface area contributed by atoms with Crippen LogP contribution in [0, 0.1) is 5.92 Å². The van der Waals surface area contributed by atoms with Gasteiger partial charge in [-0.05, 0) is 58.2 Å². The summed E-state index contributed by atoms with van der Waals surface area (Å²) in [7, 11) is 2.26. The van der Waals surface area contributed by atoms with Crippen LogP contribution in [0.3, 0.4) is 0 Å². The summed E-state index contributed by atoms with van der Waals surface area (Å²) >= 11 is 0. The molecule has 0 saturated carbocycles. The van der Waals surface area contributed by atoms with E-state index in [-0.39, 0.29) is 0 Å². The fourth-order valence-electron chi connectivity index (χ4n) is 2.73.